The molecule has 0 saturated heterocycles. The molecule has 0 atom stereocenters. The molecule has 0 aliphatic carbocycles. The van der Waals surface area contributed by atoms with E-state index in [4.69, 9.17) is 0 Å². The average molecular weight is 604 g/mol. The van der Waals surface area contributed by atoms with Crippen LogP contribution in [0.1, 0.15) is 0 Å². The lowest BCUT2D eigenvalue weighted by Crippen LogP contribution is -2.10. The number of benzene rings is 8. The third kappa shape index (κ3) is 4.54. The maximum atomic E-state index is 2.40. The van der Waals surface area contributed by atoms with Gasteiger partial charge in [-0.15, -0.1) is 11.3 Å². The van der Waals surface area contributed by atoms with E-state index in [0.717, 1.165) is 17.1 Å². The van der Waals surface area contributed by atoms with Gasteiger partial charge in [-0.25, -0.2) is 0 Å². The smallest absolute Gasteiger partial charge is 0.0468 e. The van der Waals surface area contributed by atoms with Gasteiger partial charge in [0.2, 0.25) is 0 Å². The number of hydrogen-bond donors (Lipinski definition) is 0. The number of anilines is 3. The fraction of sp³-hybridized carbons (Fsp3) is 0. The molecule has 8 aromatic carbocycles. The molecule has 0 radical (unpaired) electrons. The summed E-state index contributed by atoms with van der Waals surface area (Å²) in [7, 11) is 0. The summed E-state index contributed by atoms with van der Waals surface area (Å²) in [6.45, 7) is 0. The van der Waals surface area contributed by atoms with Gasteiger partial charge in [0.15, 0.2) is 0 Å². The Hall–Kier alpha value is -5.70. The zero-order valence-electron chi connectivity index (χ0n) is 25.1. The zero-order valence-corrected chi connectivity index (χ0v) is 25.9. The molecule has 0 spiro atoms. The first-order chi connectivity index (χ1) is 22.8. The highest BCUT2D eigenvalue weighted by molar-refractivity contribution is 7.25. The highest BCUT2D eigenvalue weighted by Gasteiger charge is 2.17. The van der Waals surface area contributed by atoms with Crippen molar-refractivity contribution in [1.29, 1.82) is 0 Å². The Bertz CT molecular complexity index is 2530. The molecule has 0 aliphatic heterocycles. The highest BCUT2D eigenvalue weighted by Crippen LogP contribution is 2.43. The lowest BCUT2D eigenvalue weighted by atomic mass is 9.93. The van der Waals surface area contributed by atoms with Crippen LogP contribution in [0.2, 0.25) is 0 Å². The summed E-state index contributed by atoms with van der Waals surface area (Å²) in [6.07, 6.45) is 0. The van der Waals surface area contributed by atoms with Crippen LogP contribution in [-0.2, 0) is 0 Å². The number of hydrogen-bond acceptors (Lipinski definition) is 2. The van der Waals surface area contributed by atoms with Crippen LogP contribution in [0.3, 0.4) is 0 Å². The lowest BCUT2D eigenvalue weighted by Gasteiger charge is -2.26. The van der Waals surface area contributed by atoms with E-state index in [1.54, 1.807) is 0 Å². The molecule has 0 saturated carbocycles. The summed E-state index contributed by atoms with van der Waals surface area (Å²) in [6, 6.07) is 64.0. The van der Waals surface area contributed by atoms with E-state index in [2.05, 4.69) is 181 Å². The molecule has 216 valence electrons. The maximum Gasteiger partial charge on any atom is 0.0468 e. The summed E-state index contributed by atoms with van der Waals surface area (Å²) in [5, 5.41) is 7.69. The summed E-state index contributed by atoms with van der Waals surface area (Å²) >= 11 is 1.86. The first-order valence-electron chi connectivity index (χ1n) is 15.7. The summed E-state index contributed by atoms with van der Waals surface area (Å²) in [4.78, 5) is 2.40. The molecule has 9 aromatic rings. The molecule has 0 bridgehead atoms. The van der Waals surface area contributed by atoms with Crippen LogP contribution >= 0.6 is 11.3 Å². The fourth-order valence-corrected chi connectivity index (χ4v) is 7.93. The quantitative estimate of drug-likeness (QED) is 0.177. The second-order valence-corrected chi connectivity index (χ2v) is 12.9. The van der Waals surface area contributed by atoms with E-state index in [0.29, 0.717) is 0 Å². The van der Waals surface area contributed by atoms with E-state index in [1.807, 2.05) is 11.3 Å². The van der Waals surface area contributed by atoms with Gasteiger partial charge in [0.05, 0.1) is 0 Å². The predicted molar refractivity (Wildman–Crippen MR) is 200 cm³/mol. The van der Waals surface area contributed by atoms with Crippen LogP contribution in [0.5, 0.6) is 0 Å². The first kappa shape index (κ1) is 26.7. The van der Waals surface area contributed by atoms with Crippen LogP contribution in [0.25, 0.3) is 64.0 Å². The van der Waals surface area contributed by atoms with E-state index in [9.17, 15) is 0 Å². The van der Waals surface area contributed by atoms with Crippen LogP contribution < -0.4 is 4.90 Å². The number of thiophene rings is 1. The molecule has 9 rings (SSSR count). The molecular weight excluding hydrogens is 575 g/mol. The van der Waals surface area contributed by atoms with E-state index >= 15 is 0 Å². The van der Waals surface area contributed by atoms with Gasteiger partial charge in [-0.2, -0.15) is 0 Å². The monoisotopic (exact) mass is 603 g/mol. The van der Waals surface area contributed by atoms with Crippen molar-refractivity contribution in [3.8, 4) is 22.3 Å². The molecular formula is C44H29NS. The Morgan fingerprint density at radius 1 is 0.326 bits per heavy atom. The lowest BCUT2D eigenvalue weighted by molar-refractivity contribution is 1.29. The zero-order chi connectivity index (χ0) is 30.5. The molecule has 0 aliphatic rings. The summed E-state index contributed by atoms with van der Waals surface area (Å²) in [5.41, 5.74) is 8.27. The predicted octanol–water partition coefficient (Wildman–Crippen LogP) is 13.2. The average Bonchev–Trinajstić information content (AvgIpc) is 3.50. The molecule has 1 nitrogen and oxygen atoms in total. The minimum Gasteiger partial charge on any atom is -0.310 e. The topological polar surface area (TPSA) is 3.24 Å². The third-order valence-corrected chi connectivity index (χ3v) is 10.2. The second kappa shape index (κ2) is 11.0. The Balaban J connectivity index is 1.24. The van der Waals surface area contributed by atoms with Crippen molar-refractivity contribution in [2.24, 2.45) is 0 Å². The Morgan fingerprint density at radius 2 is 0.935 bits per heavy atom. The Labute approximate surface area is 272 Å². The van der Waals surface area contributed by atoms with Gasteiger partial charge in [0, 0.05) is 37.2 Å². The summed E-state index contributed by atoms with van der Waals surface area (Å²) in [5.74, 6) is 0. The van der Waals surface area contributed by atoms with E-state index < -0.39 is 0 Å². The molecule has 1 aromatic heterocycles. The molecule has 46 heavy (non-hydrogen) atoms. The number of fused-ring (bicyclic) bond motifs is 6. The van der Waals surface area contributed by atoms with Crippen molar-refractivity contribution < 1.29 is 0 Å². The molecule has 0 amide bonds. The van der Waals surface area contributed by atoms with Crippen molar-refractivity contribution in [3.05, 3.63) is 176 Å². The summed E-state index contributed by atoms with van der Waals surface area (Å²) < 4.78 is 2.62. The molecule has 0 fully saturated rings. The number of rotatable bonds is 5. The minimum atomic E-state index is 1.12. The molecule has 2 heteroatoms. The number of nitrogens with zero attached hydrogens (tertiary/aromatic N) is 1. The third-order valence-electron chi connectivity index (χ3n) is 9.03. The van der Waals surface area contributed by atoms with Gasteiger partial charge < -0.3 is 4.90 Å². The van der Waals surface area contributed by atoms with Gasteiger partial charge >= 0.3 is 0 Å². The van der Waals surface area contributed by atoms with Crippen molar-refractivity contribution in [2.45, 2.75) is 0 Å². The fourth-order valence-electron chi connectivity index (χ4n) is 6.84. The van der Waals surface area contributed by atoms with Crippen LogP contribution in [0.4, 0.5) is 17.1 Å². The molecule has 0 unspecified atom stereocenters. The van der Waals surface area contributed by atoms with Crippen molar-refractivity contribution in [2.75, 3.05) is 4.90 Å². The van der Waals surface area contributed by atoms with Gasteiger partial charge in [-0.05, 0) is 98.4 Å². The van der Waals surface area contributed by atoms with Gasteiger partial charge in [0.25, 0.3) is 0 Å². The van der Waals surface area contributed by atoms with Gasteiger partial charge in [-0.1, -0.05) is 121 Å². The Kier molecular flexibility index (Phi) is 6.40. The minimum absolute atomic E-state index is 1.12. The van der Waals surface area contributed by atoms with Crippen LogP contribution in [0.15, 0.2) is 176 Å². The van der Waals surface area contributed by atoms with Gasteiger partial charge in [-0.3, -0.25) is 0 Å². The molecule has 0 N–H and O–H groups in total. The van der Waals surface area contributed by atoms with E-state index in [-0.39, 0.29) is 0 Å². The normalized spacial score (nSPS) is 11.5. The molecule has 1 heterocycles. The highest BCUT2D eigenvalue weighted by atomic mass is 32.1. The van der Waals surface area contributed by atoms with Crippen LogP contribution in [-0.4, -0.2) is 0 Å². The van der Waals surface area contributed by atoms with E-state index in [1.165, 1.54) is 64.0 Å². The van der Waals surface area contributed by atoms with Crippen molar-refractivity contribution in [1.82, 2.24) is 0 Å². The van der Waals surface area contributed by atoms with Crippen molar-refractivity contribution >= 4 is 70.1 Å². The maximum absolute atomic E-state index is 2.40. The van der Waals surface area contributed by atoms with Crippen molar-refractivity contribution in [3.63, 3.8) is 0 Å². The van der Waals surface area contributed by atoms with Gasteiger partial charge in [0.1, 0.15) is 0 Å². The largest absolute Gasteiger partial charge is 0.310 e. The first-order valence-corrected chi connectivity index (χ1v) is 16.5. The van der Waals surface area contributed by atoms with Crippen LogP contribution in [0, 0.1) is 0 Å². The SMILES string of the molecule is c1ccc(-c2ccc(N(c3cccc(-c4cc5ccccc5c5ccccc45)c3)c3ccc4sc5ccccc5c4c3)cc2)cc1. The Morgan fingerprint density at radius 3 is 1.78 bits per heavy atom. The second-order valence-electron chi connectivity index (χ2n) is 11.8. The standard InChI is InChI=1S/C44H29NS/c1-2-11-30(12-3-1)31-21-23-34(24-22-31)45(36-25-26-44-42(29-36)40-19-8-9-20-43(40)46-44)35-15-10-14-32(27-35)41-28-33-13-4-5-16-37(33)38-17-6-7-18-39(38)41/h1-29H.